The lowest BCUT2D eigenvalue weighted by molar-refractivity contribution is -0.419. The van der Waals surface area contributed by atoms with Crippen molar-refractivity contribution in [1.29, 1.82) is 0 Å². The minimum absolute atomic E-state index is 0. The minimum atomic E-state index is 0. The molecule has 2 aliphatic heterocycles. The molecule has 2 N–H and O–H groups in total. The van der Waals surface area contributed by atoms with Gasteiger partial charge in [-0.05, 0) is 13.8 Å². The largest absolute Gasteiger partial charge is 0.412 e. The van der Waals surface area contributed by atoms with E-state index in [4.69, 9.17) is 0 Å². The lowest BCUT2D eigenvalue weighted by Crippen LogP contribution is -2.26. The van der Waals surface area contributed by atoms with E-state index in [2.05, 4.69) is 19.6 Å². The van der Waals surface area contributed by atoms with Crippen molar-refractivity contribution in [2.75, 3.05) is 13.2 Å². The Morgan fingerprint density at radius 2 is 1.09 bits per heavy atom. The van der Waals surface area contributed by atoms with Crippen LogP contribution in [0, 0.1) is 0 Å². The van der Waals surface area contributed by atoms with Crippen LogP contribution in [0.1, 0.15) is 13.8 Å². The second-order valence-electron chi connectivity index (χ2n) is 2.38. The zero-order valence-electron chi connectivity index (χ0n) is 6.70. The summed E-state index contributed by atoms with van der Waals surface area (Å²) >= 11 is 0. The normalized spacial score (nSPS) is 33.3. The molecule has 0 spiro atoms. The molecule has 2 rings (SSSR count). The summed E-state index contributed by atoms with van der Waals surface area (Å²) in [6, 6.07) is 0. The van der Waals surface area contributed by atoms with Crippen molar-refractivity contribution in [3.05, 3.63) is 0 Å². The van der Waals surface area contributed by atoms with Gasteiger partial charge in [-0.1, -0.05) is 0 Å². The Labute approximate surface area is 65.4 Å². The Balaban J connectivity index is 0.000000167. The van der Waals surface area contributed by atoms with Crippen molar-refractivity contribution >= 4 is 0 Å². The zero-order valence-corrected chi connectivity index (χ0v) is 6.70. The average Bonchev–Trinajstić information content (AvgIpc) is 1.80. The zero-order chi connectivity index (χ0) is 7.40. The van der Waals surface area contributed by atoms with E-state index in [1.165, 1.54) is 0 Å². The smallest absolute Gasteiger partial charge is 0.117 e. The monoisotopic (exact) mass is 166 g/mol. The molecule has 5 nitrogen and oxygen atoms in total. The van der Waals surface area contributed by atoms with Gasteiger partial charge in [0.2, 0.25) is 0 Å². The van der Waals surface area contributed by atoms with Gasteiger partial charge in [0, 0.05) is 0 Å². The third-order valence-corrected chi connectivity index (χ3v) is 1.07. The lowest BCUT2D eigenvalue weighted by atomic mass is 10.4. The Hall–Kier alpha value is -0.200. The first kappa shape index (κ1) is 10.8. The highest BCUT2D eigenvalue weighted by molar-refractivity contribution is 4.45. The first-order valence-electron chi connectivity index (χ1n) is 3.35. The van der Waals surface area contributed by atoms with Gasteiger partial charge in [0.1, 0.15) is 25.4 Å². The topological polar surface area (TPSA) is 68.4 Å². The van der Waals surface area contributed by atoms with Crippen LogP contribution in [0.15, 0.2) is 0 Å². The van der Waals surface area contributed by atoms with Crippen molar-refractivity contribution < 1.29 is 25.0 Å². The van der Waals surface area contributed by atoms with Gasteiger partial charge in [-0.2, -0.15) is 0 Å². The third kappa shape index (κ3) is 4.28. The first-order valence-corrected chi connectivity index (χ1v) is 3.35. The molecule has 2 aliphatic rings. The second-order valence-corrected chi connectivity index (χ2v) is 2.38. The third-order valence-electron chi connectivity index (χ3n) is 1.07. The van der Waals surface area contributed by atoms with Crippen LogP contribution in [0.25, 0.3) is 0 Å². The SMILES string of the molecule is CC1COO1.CC1COO1.O. The van der Waals surface area contributed by atoms with Gasteiger partial charge in [-0.15, -0.1) is 0 Å². The van der Waals surface area contributed by atoms with Gasteiger partial charge in [-0.25, -0.2) is 19.6 Å². The van der Waals surface area contributed by atoms with E-state index in [0.29, 0.717) is 12.2 Å². The van der Waals surface area contributed by atoms with Gasteiger partial charge < -0.3 is 5.48 Å². The molecule has 2 heterocycles. The van der Waals surface area contributed by atoms with Crippen LogP contribution in [0.5, 0.6) is 0 Å². The van der Waals surface area contributed by atoms with Crippen LogP contribution in [-0.4, -0.2) is 30.9 Å². The highest BCUT2D eigenvalue weighted by Crippen LogP contribution is 2.02. The van der Waals surface area contributed by atoms with Crippen LogP contribution < -0.4 is 0 Å². The Morgan fingerprint density at radius 3 is 1.09 bits per heavy atom. The molecule has 0 bridgehead atoms. The summed E-state index contributed by atoms with van der Waals surface area (Å²) in [6.45, 7) is 5.45. The fourth-order valence-electron chi connectivity index (χ4n) is 0.408. The van der Waals surface area contributed by atoms with Gasteiger partial charge in [-0.3, -0.25) is 0 Å². The second kappa shape index (κ2) is 5.45. The summed E-state index contributed by atoms with van der Waals surface area (Å²) in [6.07, 6.45) is 0.685. The summed E-state index contributed by atoms with van der Waals surface area (Å²) in [7, 11) is 0. The van der Waals surface area contributed by atoms with Crippen molar-refractivity contribution in [3.8, 4) is 0 Å². The summed E-state index contributed by atoms with van der Waals surface area (Å²) in [5, 5.41) is 0. The van der Waals surface area contributed by atoms with Crippen LogP contribution in [0.2, 0.25) is 0 Å². The fourth-order valence-corrected chi connectivity index (χ4v) is 0.408. The lowest BCUT2D eigenvalue weighted by Gasteiger charge is -2.18. The molecule has 11 heavy (non-hydrogen) atoms. The predicted molar refractivity (Wildman–Crippen MR) is 36.6 cm³/mol. The highest BCUT2D eigenvalue weighted by Gasteiger charge is 2.12. The highest BCUT2D eigenvalue weighted by atomic mass is 17.2. The quantitative estimate of drug-likeness (QED) is 0.469. The molecule has 0 aromatic heterocycles. The summed E-state index contributed by atoms with van der Waals surface area (Å²) in [5.41, 5.74) is 0. The molecule has 0 saturated carbocycles. The molecule has 2 unspecified atom stereocenters. The number of hydrogen-bond donors (Lipinski definition) is 0. The molecule has 2 fully saturated rings. The predicted octanol–water partition coefficient (Wildman–Crippen LogP) is -0.151. The van der Waals surface area contributed by atoms with Crippen LogP contribution >= 0.6 is 0 Å². The van der Waals surface area contributed by atoms with Crippen LogP contribution in [-0.2, 0) is 19.6 Å². The summed E-state index contributed by atoms with van der Waals surface area (Å²) in [4.78, 5) is 17.5. The molecule has 0 radical (unpaired) electrons. The maximum atomic E-state index is 4.43. The molecular formula is C6H14O5. The van der Waals surface area contributed by atoms with Crippen molar-refractivity contribution in [3.63, 3.8) is 0 Å². The average molecular weight is 166 g/mol. The van der Waals surface area contributed by atoms with E-state index in [9.17, 15) is 0 Å². The molecule has 0 aromatic carbocycles. The molecule has 0 aromatic rings. The van der Waals surface area contributed by atoms with Crippen molar-refractivity contribution in [2.45, 2.75) is 26.1 Å². The molecule has 2 saturated heterocycles. The minimum Gasteiger partial charge on any atom is -0.412 e. The molecular weight excluding hydrogens is 152 g/mol. The standard InChI is InChI=1S/2C3H6O2.H2O/c2*1-3-2-4-5-3;/h2*3H,2H2,1H3;1H2. The van der Waals surface area contributed by atoms with Crippen molar-refractivity contribution in [2.24, 2.45) is 0 Å². The first-order chi connectivity index (χ1) is 4.79. The Morgan fingerprint density at radius 1 is 0.909 bits per heavy atom. The summed E-state index contributed by atoms with van der Waals surface area (Å²) in [5.74, 6) is 0. The molecule has 5 heteroatoms. The summed E-state index contributed by atoms with van der Waals surface area (Å²) < 4.78 is 0. The van der Waals surface area contributed by atoms with E-state index in [0.717, 1.165) is 13.2 Å². The molecule has 0 amide bonds. The van der Waals surface area contributed by atoms with E-state index < -0.39 is 0 Å². The van der Waals surface area contributed by atoms with Crippen LogP contribution in [0.4, 0.5) is 0 Å². The Kier molecular flexibility index (Phi) is 5.35. The fraction of sp³-hybridized carbons (Fsp3) is 1.00. The van der Waals surface area contributed by atoms with E-state index >= 15 is 0 Å². The molecule has 0 aliphatic carbocycles. The van der Waals surface area contributed by atoms with E-state index in [1.54, 1.807) is 0 Å². The van der Waals surface area contributed by atoms with Gasteiger partial charge >= 0.3 is 0 Å². The van der Waals surface area contributed by atoms with Gasteiger partial charge in [0.15, 0.2) is 0 Å². The number of rotatable bonds is 0. The van der Waals surface area contributed by atoms with Gasteiger partial charge in [0.25, 0.3) is 0 Å². The molecule has 2 atom stereocenters. The Bertz CT molecular complexity index is 77.0. The van der Waals surface area contributed by atoms with E-state index in [-0.39, 0.29) is 5.48 Å². The number of hydrogen-bond acceptors (Lipinski definition) is 4. The van der Waals surface area contributed by atoms with Crippen molar-refractivity contribution in [1.82, 2.24) is 0 Å². The van der Waals surface area contributed by atoms with E-state index in [1.807, 2.05) is 13.8 Å². The molecule has 68 valence electrons. The maximum absolute atomic E-state index is 4.43. The van der Waals surface area contributed by atoms with Crippen LogP contribution in [0.3, 0.4) is 0 Å². The van der Waals surface area contributed by atoms with Gasteiger partial charge in [0.05, 0.1) is 0 Å². The maximum Gasteiger partial charge on any atom is 0.117 e.